The van der Waals surface area contributed by atoms with Crippen LogP contribution >= 0.6 is 0 Å². The van der Waals surface area contributed by atoms with Crippen LogP contribution in [-0.4, -0.2) is 22.6 Å². The van der Waals surface area contributed by atoms with Crippen LogP contribution in [0.15, 0.2) is 59.1 Å². The Morgan fingerprint density at radius 3 is 2.56 bits per heavy atom. The summed E-state index contributed by atoms with van der Waals surface area (Å²) in [6.45, 7) is 4.80. The minimum absolute atomic E-state index is 0.000493. The van der Waals surface area contributed by atoms with Gasteiger partial charge in [0.1, 0.15) is 0 Å². The largest absolute Gasteiger partial charge is 0.355 e. The van der Waals surface area contributed by atoms with E-state index in [0.29, 0.717) is 37.0 Å². The lowest BCUT2D eigenvalue weighted by atomic mass is 9.96. The molecule has 1 unspecified atom stereocenters. The summed E-state index contributed by atoms with van der Waals surface area (Å²) < 4.78 is 5.27. The number of aryl methyl sites for hydroxylation is 2. The zero-order chi connectivity index (χ0) is 19.1. The number of carbonyl (C=O) groups is 1. The molecule has 0 bridgehead atoms. The van der Waals surface area contributed by atoms with Gasteiger partial charge in [0.25, 0.3) is 0 Å². The number of benzene rings is 2. The van der Waals surface area contributed by atoms with Gasteiger partial charge in [-0.25, -0.2) is 0 Å². The number of aromatic nitrogens is 2. The van der Waals surface area contributed by atoms with Crippen LogP contribution in [0.1, 0.15) is 42.7 Å². The van der Waals surface area contributed by atoms with Crippen molar-refractivity contribution in [1.29, 1.82) is 0 Å². The first-order chi connectivity index (χ1) is 13.2. The van der Waals surface area contributed by atoms with Gasteiger partial charge in [-0.3, -0.25) is 4.79 Å². The van der Waals surface area contributed by atoms with Crippen LogP contribution < -0.4 is 5.32 Å². The Balaban J connectivity index is 1.48. The van der Waals surface area contributed by atoms with Crippen LogP contribution in [-0.2, 0) is 11.2 Å². The Bertz CT molecular complexity index is 857. The van der Waals surface area contributed by atoms with Crippen LogP contribution in [0.25, 0.3) is 11.4 Å². The first kappa shape index (κ1) is 18.8. The van der Waals surface area contributed by atoms with E-state index < -0.39 is 0 Å². The predicted octanol–water partition coefficient (Wildman–Crippen LogP) is 4.29. The molecule has 0 radical (unpaired) electrons. The van der Waals surface area contributed by atoms with Gasteiger partial charge in [-0.1, -0.05) is 72.2 Å². The van der Waals surface area contributed by atoms with Crippen molar-refractivity contribution in [2.45, 2.75) is 39.0 Å². The predicted molar refractivity (Wildman–Crippen MR) is 105 cm³/mol. The highest BCUT2D eigenvalue weighted by Gasteiger charge is 2.13. The summed E-state index contributed by atoms with van der Waals surface area (Å²) in [6.07, 6.45) is 1.75. The Kier molecular flexibility index (Phi) is 6.36. The molecule has 0 aliphatic carbocycles. The number of nitrogens with zero attached hydrogens (tertiary/aromatic N) is 2. The average Bonchev–Trinajstić information content (AvgIpc) is 3.17. The number of nitrogens with one attached hydrogen (secondary N) is 1. The second-order valence-corrected chi connectivity index (χ2v) is 6.70. The van der Waals surface area contributed by atoms with E-state index in [1.54, 1.807) is 0 Å². The molecule has 1 amide bonds. The minimum Gasteiger partial charge on any atom is -0.355 e. The molecule has 1 heterocycles. The van der Waals surface area contributed by atoms with Crippen molar-refractivity contribution in [3.8, 4) is 11.4 Å². The zero-order valence-corrected chi connectivity index (χ0v) is 15.8. The van der Waals surface area contributed by atoms with Crippen molar-refractivity contribution in [3.05, 3.63) is 71.6 Å². The zero-order valence-electron chi connectivity index (χ0n) is 15.8. The van der Waals surface area contributed by atoms with Gasteiger partial charge in [-0.2, -0.15) is 4.98 Å². The second-order valence-electron chi connectivity index (χ2n) is 6.70. The van der Waals surface area contributed by atoms with Gasteiger partial charge < -0.3 is 9.84 Å². The maximum absolute atomic E-state index is 12.2. The summed E-state index contributed by atoms with van der Waals surface area (Å²) in [7, 11) is 0. The third-order valence-electron chi connectivity index (χ3n) is 4.65. The molecule has 1 atom stereocenters. The molecule has 2 aromatic carbocycles. The smallest absolute Gasteiger partial charge is 0.227 e. The summed E-state index contributed by atoms with van der Waals surface area (Å²) in [5.41, 5.74) is 3.34. The molecule has 3 rings (SSSR count). The highest BCUT2D eigenvalue weighted by Crippen LogP contribution is 2.18. The normalized spacial score (nSPS) is 11.9. The molecule has 0 saturated carbocycles. The number of carbonyl (C=O) groups excluding carboxylic acids is 1. The van der Waals surface area contributed by atoms with Gasteiger partial charge in [0.05, 0.1) is 0 Å². The van der Waals surface area contributed by atoms with E-state index in [1.165, 1.54) is 11.1 Å². The highest BCUT2D eigenvalue weighted by molar-refractivity contribution is 5.76. The van der Waals surface area contributed by atoms with Gasteiger partial charge >= 0.3 is 0 Å². The molecule has 1 N–H and O–H groups in total. The van der Waals surface area contributed by atoms with Gasteiger partial charge in [-0.05, 0) is 18.9 Å². The van der Waals surface area contributed by atoms with Crippen LogP contribution in [0, 0.1) is 6.92 Å². The molecule has 0 aliphatic rings. The van der Waals surface area contributed by atoms with E-state index in [0.717, 1.165) is 12.0 Å². The summed E-state index contributed by atoms with van der Waals surface area (Å²) in [5.74, 6) is 1.36. The van der Waals surface area contributed by atoms with Gasteiger partial charge in [0, 0.05) is 30.9 Å². The number of hydrogen-bond donors (Lipinski definition) is 1. The van der Waals surface area contributed by atoms with Gasteiger partial charge in [-0.15, -0.1) is 0 Å². The molecule has 0 fully saturated rings. The highest BCUT2D eigenvalue weighted by atomic mass is 16.5. The van der Waals surface area contributed by atoms with Crippen molar-refractivity contribution in [2.75, 3.05) is 6.54 Å². The summed E-state index contributed by atoms with van der Waals surface area (Å²) in [6, 6.07) is 18.2. The van der Waals surface area contributed by atoms with E-state index >= 15 is 0 Å². The molecular formula is C22H25N3O2. The lowest BCUT2D eigenvalue weighted by molar-refractivity contribution is -0.121. The first-order valence-electron chi connectivity index (χ1n) is 9.37. The molecule has 5 nitrogen and oxygen atoms in total. The second kappa shape index (κ2) is 9.12. The van der Waals surface area contributed by atoms with Crippen LogP contribution in [0.5, 0.6) is 0 Å². The van der Waals surface area contributed by atoms with Crippen molar-refractivity contribution < 1.29 is 9.32 Å². The Labute approximate surface area is 159 Å². The maximum atomic E-state index is 12.2. The van der Waals surface area contributed by atoms with E-state index in [2.05, 4.69) is 34.5 Å². The average molecular weight is 363 g/mol. The van der Waals surface area contributed by atoms with Crippen molar-refractivity contribution in [3.63, 3.8) is 0 Å². The topological polar surface area (TPSA) is 68.0 Å². The maximum Gasteiger partial charge on any atom is 0.227 e. The molecule has 0 spiro atoms. The van der Waals surface area contributed by atoms with Crippen LogP contribution in [0.4, 0.5) is 0 Å². The number of amides is 1. The summed E-state index contributed by atoms with van der Waals surface area (Å²) >= 11 is 0. The first-order valence-corrected chi connectivity index (χ1v) is 9.37. The molecule has 27 heavy (non-hydrogen) atoms. The standard InChI is InChI=1S/C22H25N3O2/c1-3-17(18-7-5-4-6-8-18)15-23-20(26)13-14-21-24-22(25-27-21)19-11-9-16(2)10-12-19/h4-12,17H,3,13-15H2,1-2H3,(H,23,26). The van der Waals surface area contributed by atoms with Gasteiger partial charge in [0.15, 0.2) is 0 Å². The fraction of sp³-hybridized carbons (Fsp3) is 0.318. The molecule has 0 aliphatic heterocycles. The lowest BCUT2D eigenvalue weighted by Gasteiger charge is -2.16. The van der Waals surface area contributed by atoms with E-state index in [9.17, 15) is 4.79 Å². The van der Waals surface area contributed by atoms with Gasteiger partial charge in [0.2, 0.25) is 17.6 Å². The van der Waals surface area contributed by atoms with Crippen LogP contribution in [0.2, 0.25) is 0 Å². The van der Waals surface area contributed by atoms with E-state index in [-0.39, 0.29) is 5.91 Å². The quantitative estimate of drug-likeness (QED) is 0.648. The fourth-order valence-corrected chi connectivity index (χ4v) is 2.95. The third-order valence-corrected chi connectivity index (χ3v) is 4.65. The molecule has 0 saturated heterocycles. The Hall–Kier alpha value is -2.95. The Morgan fingerprint density at radius 2 is 1.85 bits per heavy atom. The molecule has 3 aromatic rings. The molecule has 1 aromatic heterocycles. The summed E-state index contributed by atoms with van der Waals surface area (Å²) in [5, 5.41) is 7.02. The lowest BCUT2D eigenvalue weighted by Crippen LogP contribution is -2.28. The summed E-state index contributed by atoms with van der Waals surface area (Å²) in [4.78, 5) is 16.6. The molecule has 140 valence electrons. The van der Waals surface area contributed by atoms with Crippen molar-refractivity contribution in [1.82, 2.24) is 15.5 Å². The van der Waals surface area contributed by atoms with E-state index in [1.807, 2.05) is 49.4 Å². The van der Waals surface area contributed by atoms with Crippen molar-refractivity contribution >= 4 is 5.91 Å². The number of hydrogen-bond acceptors (Lipinski definition) is 4. The van der Waals surface area contributed by atoms with E-state index in [4.69, 9.17) is 4.52 Å². The van der Waals surface area contributed by atoms with Crippen LogP contribution in [0.3, 0.4) is 0 Å². The molecular weight excluding hydrogens is 338 g/mol. The third kappa shape index (κ3) is 5.26. The SMILES string of the molecule is CCC(CNC(=O)CCc1nc(-c2ccc(C)cc2)no1)c1ccccc1. The fourth-order valence-electron chi connectivity index (χ4n) is 2.95. The number of rotatable bonds is 8. The van der Waals surface area contributed by atoms with Crippen molar-refractivity contribution in [2.24, 2.45) is 0 Å². The Morgan fingerprint density at radius 1 is 1.11 bits per heavy atom. The molecule has 5 heteroatoms. The minimum atomic E-state index is -0.000493. The monoisotopic (exact) mass is 363 g/mol.